The minimum absolute atomic E-state index is 0.0726. The van der Waals surface area contributed by atoms with E-state index in [-0.39, 0.29) is 10.2 Å². The largest absolute Gasteiger partial charge is 0.513 e. The number of para-hydroxylation sites is 1. The standard InChI is InChI=1S/C19H20BrF3NO5P/c1-12(2)27-18(25)13(3)24-30(26,28-15-7-5-4-6-8-15)29-17-10-9-14(20)11-16(17)19(21,22)23/h4-13H,1-3H3,(H,24,26)/t13-,30?/m0/s1. The summed E-state index contributed by atoms with van der Waals surface area (Å²) >= 11 is 2.97. The minimum atomic E-state index is -4.78. The van der Waals surface area contributed by atoms with Crippen molar-refractivity contribution in [2.24, 2.45) is 0 Å². The molecule has 0 spiro atoms. The number of alkyl halides is 3. The lowest BCUT2D eigenvalue weighted by molar-refractivity contribution is -0.149. The van der Waals surface area contributed by atoms with Gasteiger partial charge in [-0.3, -0.25) is 4.79 Å². The molecule has 1 N–H and O–H groups in total. The molecule has 6 nitrogen and oxygen atoms in total. The van der Waals surface area contributed by atoms with Gasteiger partial charge in [0.25, 0.3) is 0 Å². The molecule has 0 amide bonds. The van der Waals surface area contributed by atoms with Crippen LogP contribution >= 0.6 is 23.7 Å². The molecule has 1 unspecified atom stereocenters. The predicted octanol–water partition coefficient (Wildman–Crippen LogP) is 5.96. The van der Waals surface area contributed by atoms with E-state index in [1.807, 2.05) is 0 Å². The fourth-order valence-corrected chi connectivity index (χ4v) is 4.15. The molecule has 0 aliphatic heterocycles. The smallest absolute Gasteiger partial charge is 0.462 e. The Labute approximate surface area is 180 Å². The summed E-state index contributed by atoms with van der Waals surface area (Å²) in [5, 5.41) is 2.35. The van der Waals surface area contributed by atoms with Crippen LogP contribution in [-0.4, -0.2) is 18.1 Å². The fourth-order valence-electron chi connectivity index (χ4n) is 2.25. The summed E-state index contributed by atoms with van der Waals surface area (Å²) in [6, 6.07) is 9.63. The van der Waals surface area contributed by atoms with Crippen LogP contribution in [0.25, 0.3) is 0 Å². The van der Waals surface area contributed by atoms with Crippen molar-refractivity contribution in [2.45, 2.75) is 39.1 Å². The Bertz CT molecular complexity index is 924. The van der Waals surface area contributed by atoms with Crippen LogP contribution < -0.4 is 14.1 Å². The lowest BCUT2D eigenvalue weighted by Gasteiger charge is -2.25. The Morgan fingerprint density at radius 1 is 1.07 bits per heavy atom. The number of esters is 1. The number of hydrogen-bond donors (Lipinski definition) is 1. The van der Waals surface area contributed by atoms with Crippen LogP contribution in [0.15, 0.2) is 53.0 Å². The minimum Gasteiger partial charge on any atom is -0.462 e. The van der Waals surface area contributed by atoms with Crippen molar-refractivity contribution in [1.82, 2.24) is 5.09 Å². The maximum Gasteiger partial charge on any atom is 0.513 e. The first-order valence-corrected chi connectivity index (χ1v) is 11.1. The molecule has 0 fully saturated rings. The molecule has 2 rings (SSSR count). The zero-order chi connectivity index (χ0) is 22.5. The zero-order valence-corrected chi connectivity index (χ0v) is 18.8. The van der Waals surface area contributed by atoms with Crippen molar-refractivity contribution < 1.29 is 36.3 Å². The number of halogens is 4. The number of benzene rings is 2. The van der Waals surface area contributed by atoms with Gasteiger partial charge in [0, 0.05) is 4.47 Å². The molecule has 0 aliphatic carbocycles. The fraction of sp³-hybridized carbons (Fsp3) is 0.316. The number of carbonyl (C=O) groups is 1. The molecule has 0 heterocycles. The second-order valence-electron chi connectivity index (χ2n) is 6.47. The van der Waals surface area contributed by atoms with Crippen LogP contribution in [0, 0.1) is 0 Å². The summed E-state index contributed by atoms with van der Waals surface area (Å²) in [7, 11) is -4.49. The molecule has 0 saturated carbocycles. The lowest BCUT2D eigenvalue weighted by Crippen LogP contribution is -2.37. The lowest BCUT2D eigenvalue weighted by atomic mass is 10.2. The first-order valence-electron chi connectivity index (χ1n) is 8.79. The second kappa shape index (κ2) is 9.85. The van der Waals surface area contributed by atoms with E-state index in [0.717, 1.165) is 12.1 Å². The number of rotatable bonds is 8. The maximum absolute atomic E-state index is 13.4. The van der Waals surface area contributed by atoms with Crippen LogP contribution in [0.1, 0.15) is 26.3 Å². The summed E-state index contributed by atoms with van der Waals surface area (Å²) in [5.74, 6) is -1.41. The summed E-state index contributed by atoms with van der Waals surface area (Å²) in [4.78, 5) is 12.1. The van der Waals surface area contributed by atoms with E-state index < -0.39 is 43.4 Å². The molecule has 0 radical (unpaired) electrons. The Balaban J connectivity index is 2.39. The van der Waals surface area contributed by atoms with Gasteiger partial charge in [-0.15, -0.1) is 0 Å². The highest BCUT2D eigenvalue weighted by molar-refractivity contribution is 9.10. The molecular formula is C19H20BrF3NO5P. The molecule has 0 saturated heterocycles. The first-order chi connectivity index (χ1) is 13.9. The quantitative estimate of drug-likeness (QED) is 0.349. The third kappa shape index (κ3) is 7.04. The van der Waals surface area contributed by atoms with E-state index in [2.05, 4.69) is 21.0 Å². The Kier molecular flexibility index (Phi) is 7.96. The molecular weight excluding hydrogens is 490 g/mol. The molecule has 30 heavy (non-hydrogen) atoms. The monoisotopic (exact) mass is 509 g/mol. The van der Waals surface area contributed by atoms with Gasteiger partial charge in [-0.2, -0.15) is 18.3 Å². The van der Waals surface area contributed by atoms with Crippen LogP contribution in [0.5, 0.6) is 11.5 Å². The van der Waals surface area contributed by atoms with Gasteiger partial charge in [-0.05, 0) is 51.1 Å². The van der Waals surface area contributed by atoms with Crippen molar-refractivity contribution in [3.05, 3.63) is 58.6 Å². The van der Waals surface area contributed by atoms with E-state index in [1.165, 1.54) is 25.1 Å². The normalized spacial score (nSPS) is 14.7. The molecule has 11 heteroatoms. The van der Waals surface area contributed by atoms with Crippen LogP contribution in [0.2, 0.25) is 0 Å². The van der Waals surface area contributed by atoms with Crippen molar-refractivity contribution >= 4 is 29.6 Å². The maximum atomic E-state index is 13.4. The van der Waals surface area contributed by atoms with Gasteiger partial charge < -0.3 is 13.8 Å². The molecule has 0 aromatic heterocycles. The SMILES string of the molecule is CC(C)OC(=O)[C@H](C)NP(=O)(Oc1ccccc1)Oc1ccc(Br)cc1C(F)(F)F. The average molecular weight is 510 g/mol. The summed E-state index contributed by atoms with van der Waals surface area (Å²) in [5.41, 5.74) is -1.16. The highest BCUT2D eigenvalue weighted by atomic mass is 79.9. The summed E-state index contributed by atoms with van der Waals surface area (Å²) in [6.07, 6.45) is -5.22. The summed E-state index contributed by atoms with van der Waals surface area (Å²) < 4.78 is 69.5. The van der Waals surface area contributed by atoms with E-state index in [4.69, 9.17) is 13.8 Å². The molecule has 2 aromatic rings. The van der Waals surface area contributed by atoms with Gasteiger partial charge in [0.2, 0.25) is 0 Å². The van der Waals surface area contributed by atoms with Crippen LogP contribution in [0.4, 0.5) is 13.2 Å². The van der Waals surface area contributed by atoms with E-state index in [9.17, 15) is 22.5 Å². The van der Waals surface area contributed by atoms with E-state index in [1.54, 1.807) is 32.0 Å². The zero-order valence-electron chi connectivity index (χ0n) is 16.3. The molecule has 0 aliphatic rings. The van der Waals surface area contributed by atoms with Gasteiger partial charge in [0.15, 0.2) is 0 Å². The Hall–Kier alpha value is -2.03. The number of carbonyl (C=O) groups excluding carboxylic acids is 1. The highest BCUT2D eigenvalue weighted by Crippen LogP contribution is 2.49. The topological polar surface area (TPSA) is 73.9 Å². The third-order valence-corrected chi connectivity index (χ3v) is 5.58. The third-order valence-electron chi connectivity index (χ3n) is 3.49. The van der Waals surface area contributed by atoms with Crippen molar-refractivity contribution in [3.63, 3.8) is 0 Å². The first kappa shape index (κ1) is 24.2. The number of ether oxygens (including phenoxy) is 1. The van der Waals surface area contributed by atoms with Crippen LogP contribution in [-0.2, 0) is 20.3 Å². The van der Waals surface area contributed by atoms with Gasteiger partial charge in [0.05, 0.1) is 11.7 Å². The predicted molar refractivity (Wildman–Crippen MR) is 108 cm³/mol. The summed E-state index contributed by atoms with van der Waals surface area (Å²) in [6.45, 7) is 4.58. The molecule has 164 valence electrons. The van der Waals surface area contributed by atoms with Gasteiger partial charge in [0.1, 0.15) is 17.5 Å². The van der Waals surface area contributed by atoms with E-state index in [0.29, 0.717) is 0 Å². The molecule has 2 aromatic carbocycles. The molecule has 0 bridgehead atoms. The highest BCUT2D eigenvalue weighted by Gasteiger charge is 2.39. The van der Waals surface area contributed by atoms with Gasteiger partial charge >= 0.3 is 19.9 Å². The molecule has 2 atom stereocenters. The Morgan fingerprint density at radius 3 is 2.27 bits per heavy atom. The number of nitrogens with one attached hydrogen (secondary N) is 1. The Morgan fingerprint density at radius 2 is 1.70 bits per heavy atom. The van der Waals surface area contributed by atoms with Crippen molar-refractivity contribution in [3.8, 4) is 11.5 Å². The van der Waals surface area contributed by atoms with Gasteiger partial charge in [-0.25, -0.2) is 4.57 Å². The van der Waals surface area contributed by atoms with Crippen molar-refractivity contribution in [2.75, 3.05) is 0 Å². The van der Waals surface area contributed by atoms with Crippen molar-refractivity contribution in [1.29, 1.82) is 0 Å². The van der Waals surface area contributed by atoms with E-state index >= 15 is 0 Å². The average Bonchev–Trinajstić information content (AvgIpc) is 2.62. The number of hydrogen-bond acceptors (Lipinski definition) is 5. The van der Waals surface area contributed by atoms with Crippen LogP contribution in [0.3, 0.4) is 0 Å². The van der Waals surface area contributed by atoms with Gasteiger partial charge in [-0.1, -0.05) is 34.1 Å². The second-order valence-corrected chi connectivity index (χ2v) is 9.00.